The Balaban J connectivity index is 2.18. The molecule has 0 radical (unpaired) electrons. The Morgan fingerprint density at radius 2 is 2.00 bits per heavy atom. The first-order valence-corrected chi connectivity index (χ1v) is 7.10. The van der Waals surface area contributed by atoms with Gasteiger partial charge < -0.3 is 19.6 Å². The summed E-state index contributed by atoms with van der Waals surface area (Å²) in [5.41, 5.74) is 1.82. The summed E-state index contributed by atoms with van der Waals surface area (Å²) in [5, 5.41) is 15.1. The number of aromatic nitrogens is 2. The van der Waals surface area contributed by atoms with Crippen LogP contribution >= 0.6 is 0 Å². The largest absolute Gasteiger partial charge is 0.548 e. The highest BCUT2D eigenvalue weighted by Crippen LogP contribution is 2.31. The Morgan fingerprint density at radius 3 is 2.68 bits per heavy atom. The van der Waals surface area contributed by atoms with E-state index in [1.165, 1.54) is 0 Å². The molecule has 0 saturated heterocycles. The fourth-order valence-corrected chi connectivity index (χ4v) is 2.45. The summed E-state index contributed by atoms with van der Waals surface area (Å²) >= 11 is 0. The second kappa shape index (κ2) is 5.29. The zero-order valence-corrected chi connectivity index (χ0v) is 12.6. The van der Waals surface area contributed by atoms with E-state index in [1.807, 2.05) is 24.3 Å². The summed E-state index contributed by atoms with van der Waals surface area (Å²) in [5.74, 6) is -0.403. The lowest BCUT2D eigenvalue weighted by atomic mass is 10.0. The van der Waals surface area contributed by atoms with Gasteiger partial charge in [0.05, 0.1) is 12.0 Å². The van der Waals surface area contributed by atoms with Crippen LogP contribution in [0.5, 0.6) is 0 Å². The van der Waals surface area contributed by atoms with Gasteiger partial charge in [-0.1, -0.05) is 26.0 Å². The molecule has 6 heteroatoms. The van der Waals surface area contributed by atoms with Gasteiger partial charge in [0.2, 0.25) is 0 Å². The number of aliphatic carboxylic acids is 1. The first kappa shape index (κ1) is 14.3. The molecule has 1 atom stereocenters. The van der Waals surface area contributed by atoms with Crippen LogP contribution in [0.25, 0.3) is 22.1 Å². The molecule has 2 aromatic heterocycles. The van der Waals surface area contributed by atoms with Gasteiger partial charge >= 0.3 is 0 Å². The summed E-state index contributed by atoms with van der Waals surface area (Å²) in [4.78, 5) is 20.0. The molecule has 0 bridgehead atoms. The number of carboxylic acid groups (broad SMARTS) is 1. The van der Waals surface area contributed by atoms with Crippen molar-refractivity contribution < 1.29 is 14.3 Å². The number of carboxylic acids is 1. The Hall–Kier alpha value is -2.63. The van der Waals surface area contributed by atoms with Gasteiger partial charge in [-0.15, -0.1) is 0 Å². The average Bonchev–Trinajstić information content (AvgIpc) is 2.82. The molecule has 0 amide bonds. The van der Waals surface area contributed by atoms with E-state index in [0.29, 0.717) is 28.3 Å². The van der Waals surface area contributed by atoms with Crippen molar-refractivity contribution in [3.63, 3.8) is 0 Å². The van der Waals surface area contributed by atoms with Crippen LogP contribution < -0.4 is 10.4 Å². The molecular formula is C16H16N3O3-. The zero-order chi connectivity index (χ0) is 15.9. The predicted molar refractivity (Wildman–Crippen MR) is 81.3 cm³/mol. The predicted octanol–water partition coefficient (Wildman–Crippen LogP) is 1.87. The van der Waals surface area contributed by atoms with Crippen molar-refractivity contribution in [1.82, 2.24) is 9.97 Å². The number of carbonyl (C=O) groups excluding carboxylic acids is 1. The van der Waals surface area contributed by atoms with Crippen LogP contribution in [-0.2, 0) is 4.79 Å². The van der Waals surface area contributed by atoms with Crippen molar-refractivity contribution in [2.45, 2.75) is 26.8 Å². The van der Waals surface area contributed by atoms with E-state index in [4.69, 9.17) is 4.42 Å². The van der Waals surface area contributed by atoms with Crippen molar-refractivity contribution in [1.29, 1.82) is 0 Å². The van der Waals surface area contributed by atoms with E-state index in [-0.39, 0.29) is 5.92 Å². The van der Waals surface area contributed by atoms with Crippen LogP contribution in [0, 0.1) is 12.8 Å². The molecule has 0 fully saturated rings. The summed E-state index contributed by atoms with van der Waals surface area (Å²) in [6.07, 6.45) is 0. The highest BCUT2D eigenvalue weighted by molar-refractivity contribution is 6.05. The molecular weight excluding hydrogens is 282 g/mol. The third-order valence-electron chi connectivity index (χ3n) is 3.54. The maximum atomic E-state index is 11.3. The molecule has 2 heterocycles. The maximum Gasteiger partial charge on any atom is 0.196 e. The van der Waals surface area contributed by atoms with Crippen molar-refractivity contribution in [2.24, 2.45) is 5.92 Å². The average molecular weight is 298 g/mol. The molecule has 22 heavy (non-hydrogen) atoms. The second-order valence-electron chi connectivity index (χ2n) is 5.58. The number of nitrogens with one attached hydrogen (secondary N) is 1. The maximum absolute atomic E-state index is 11.3. The Kier molecular flexibility index (Phi) is 3.44. The molecule has 0 unspecified atom stereocenters. The van der Waals surface area contributed by atoms with E-state index < -0.39 is 12.0 Å². The SMILES string of the molecule is Cc1nc(N[C@H](C(=O)[O-])C(C)C)c2oc3ccccc3c2n1. The molecule has 3 aromatic rings. The van der Waals surface area contributed by atoms with Gasteiger partial charge in [-0.05, 0) is 25.0 Å². The molecule has 0 spiro atoms. The summed E-state index contributed by atoms with van der Waals surface area (Å²) in [6, 6.07) is 6.67. The topological polar surface area (TPSA) is 91.1 Å². The first-order chi connectivity index (χ1) is 10.5. The smallest absolute Gasteiger partial charge is 0.196 e. The number of nitrogens with zero attached hydrogens (tertiary/aromatic N) is 2. The van der Waals surface area contributed by atoms with E-state index in [9.17, 15) is 9.90 Å². The molecule has 0 aliphatic rings. The number of fused-ring (bicyclic) bond motifs is 3. The fraction of sp³-hybridized carbons (Fsp3) is 0.312. The fourth-order valence-electron chi connectivity index (χ4n) is 2.45. The Bertz CT molecular complexity index is 854. The number of carbonyl (C=O) groups is 1. The highest BCUT2D eigenvalue weighted by Gasteiger charge is 2.20. The number of para-hydroxylation sites is 1. The van der Waals surface area contributed by atoms with Gasteiger partial charge in [-0.3, -0.25) is 0 Å². The summed E-state index contributed by atoms with van der Waals surface area (Å²) < 4.78 is 5.80. The minimum atomic E-state index is -1.17. The first-order valence-electron chi connectivity index (χ1n) is 7.10. The Labute approximate surface area is 127 Å². The molecule has 114 valence electrons. The van der Waals surface area contributed by atoms with Gasteiger partial charge in [-0.2, -0.15) is 0 Å². The third kappa shape index (κ3) is 2.36. The van der Waals surface area contributed by atoms with Gasteiger partial charge in [0.1, 0.15) is 16.9 Å². The Morgan fingerprint density at radius 1 is 1.27 bits per heavy atom. The lowest BCUT2D eigenvalue weighted by Crippen LogP contribution is -2.44. The number of hydrogen-bond acceptors (Lipinski definition) is 6. The quantitative estimate of drug-likeness (QED) is 0.790. The van der Waals surface area contributed by atoms with Crippen LogP contribution in [0.4, 0.5) is 5.82 Å². The van der Waals surface area contributed by atoms with Crippen molar-refractivity contribution >= 4 is 33.9 Å². The summed E-state index contributed by atoms with van der Waals surface area (Å²) in [6.45, 7) is 5.37. The van der Waals surface area contributed by atoms with Crippen molar-refractivity contribution in [2.75, 3.05) is 5.32 Å². The van der Waals surface area contributed by atoms with Crippen LogP contribution in [0.15, 0.2) is 28.7 Å². The monoisotopic (exact) mass is 298 g/mol. The number of rotatable bonds is 4. The van der Waals surface area contributed by atoms with Crippen molar-refractivity contribution in [3.05, 3.63) is 30.1 Å². The lowest BCUT2D eigenvalue weighted by molar-refractivity contribution is -0.307. The van der Waals surface area contributed by atoms with Gasteiger partial charge in [0.15, 0.2) is 11.4 Å². The number of hydrogen-bond donors (Lipinski definition) is 1. The van der Waals surface area contributed by atoms with Crippen LogP contribution in [-0.4, -0.2) is 22.0 Å². The highest BCUT2D eigenvalue weighted by atomic mass is 16.4. The third-order valence-corrected chi connectivity index (χ3v) is 3.54. The van der Waals surface area contributed by atoms with E-state index in [2.05, 4.69) is 15.3 Å². The van der Waals surface area contributed by atoms with E-state index in [0.717, 1.165) is 5.39 Å². The standard InChI is InChI=1S/C16H17N3O3/c1-8(2)12(16(20)21)19-15-14-13(17-9(3)18-15)10-6-4-5-7-11(10)22-14/h4-8,12H,1-3H3,(H,20,21)(H,17,18,19)/p-1/t12-/m0/s1. The normalized spacial score (nSPS) is 12.9. The molecule has 6 nitrogen and oxygen atoms in total. The molecule has 0 saturated carbocycles. The van der Waals surface area contributed by atoms with Gasteiger partial charge in [0.25, 0.3) is 0 Å². The number of benzene rings is 1. The minimum Gasteiger partial charge on any atom is -0.548 e. The second-order valence-corrected chi connectivity index (χ2v) is 5.58. The molecule has 3 rings (SSSR count). The van der Waals surface area contributed by atoms with Crippen molar-refractivity contribution in [3.8, 4) is 0 Å². The summed E-state index contributed by atoms with van der Waals surface area (Å²) in [7, 11) is 0. The van der Waals surface area contributed by atoms with Gasteiger partial charge in [-0.25, -0.2) is 9.97 Å². The molecule has 1 aromatic carbocycles. The zero-order valence-electron chi connectivity index (χ0n) is 12.6. The van der Waals surface area contributed by atoms with Crippen LogP contribution in [0.1, 0.15) is 19.7 Å². The minimum absolute atomic E-state index is 0.153. The van der Waals surface area contributed by atoms with Gasteiger partial charge in [0, 0.05) is 5.39 Å². The number of aryl methyl sites for hydroxylation is 1. The van der Waals surface area contributed by atoms with E-state index in [1.54, 1.807) is 20.8 Å². The van der Waals surface area contributed by atoms with Crippen LogP contribution in [0.2, 0.25) is 0 Å². The number of furan rings is 1. The molecule has 0 aliphatic heterocycles. The molecule has 0 aliphatic carbocycles. The van der Waals surface area contributed by atoms with Crippen LogP contribution in [0.3, 0.4) is 0 Å². The van der Waals surface area contributed by atoms with E-state index >= 15 is 0 Å². The number of anilines is 1. The lowest BCUT2D eigenvalue weighted by Gasteiger charge is -2.23. The molecule has 1 N–H and O–H groups in total.